The van der Waals surface area contributed by atoms with Crippen molar-refractivity contribution in [2.45, 2.75) is 32.6 Å². The van der Waals surface area contributed by atoms with Crippen molar-refractivity contribution in [2.24, 2.45) is 0 Å². The Labute approximate surface area is 150 Å². The summed E-state index contributed by atoms with van der Waals surface area (Å²) in [5, 5.41) is 2.90. The quantitative estimate of drug-likeness (QED) is 0.856. The second-order valence-electron chi connectivity index (χ2n) is 5.99. The number of nitrogens with one attached hydrogen (secondary N) is 1. The predicted octanol–water partition coefficient (Wildman–Crippen LogP) is 4.18. The van der Waals surface area contributed by atoms with E-state index in [0.29, 0.717) is 11.5 Å². The predicted molar refractivity (Wildman–Crippen MR) is 99.5 cm³/mol. The summed E-state index contributed by atoms with van der Waals surface area (Å²) in [7, 11) is 0. The number of amides is 1. The first-order chi connectivity index (χ1) is 11.6. The number of carbonyl (C=O) groups is 1. The molecule has 2 aromatic rings. The number of nitrogens with zero attached hydrogens (tertiary/aromatic N) is 3. The maximum Gasteiger partial charge on any atom is 0.274 e. The zero-order chi connectivity index (χ0) is 16.9. The van der Waals surface area contributed by atoms with E-state index in [1.54, 1.807) is 6.07 Å². The fraction of sp³-hybridized carbons (Fsp3) is 0.389. The van der Waals surface area contributed by atoms with Crippen LogP contribution in [0.1, 0.15) is 42.0 Å². The van der Waals surface area contributed by atoms with E-state index >= 15 is 0 Å². The van der Waals surface area contributed by atoms with Gasteiger partial charge in [0.05, 0.1) is 5.69 Å². The molecule has 6 heteroatoms. The number of anilines is 2. The SMILES string of the molecule is Cc1nc(C(=O)Nc2ccccc2Br)cc(N2CCCCCC2)n1. The summed E-state index contributed by atoms with van der Waals surface area (Å²) in [4.78, 5) is 23.7. The average Bonchev–Trinajstić information content (AvgIpc) is 2.85. The smallest absolute Gasteiger partial charge is 0.274 e. The Morgan fingerprint density at radius 3 is 2.54 bits per heavy atom. The Morgan fingerprint density at radius 2 is 1.83 bits per heavy atom. The third-order valence-electron chi connectivity index (χ3n) is 4.11. The van der Waals surface area contributed by atoms with Crippen LogP contribution in [0.3, 0.4) is 0 Å². The second kappa shape index (κ2) is 7.75. The lowest BCUT2D eigenvalue weighted by Gasteiger charge is -2.22. The molecule has 5 nitrogen and oxygen atoms in total. The Hall–Kier alpha value is -1.95. The molecule has 1 aliphatic rings. The van der Waals surface area contributed by atoms with Crippen molar-refractivity contribution in [1.29, 1.82) is 0 Å². The third kappa shape index (κ3) is 4.12. The van der Waals surface area contributed by atoms with Crippen LogP contribution in [0.4, 0.5) is 11.5 Å². The third-order valence-corrected chi connectivity index (χ3v) is 4.80. The molecule has 0 atom stereocenters. The largest absolute Gasteiger partial charge is 0.356 e. The molecule has 0 spiro atoms. The highest BCUT2D eigenvalue weighted by Gasteiger charge is 2.16. The number of hydrogen-bond acceptors (Lipinski definition) is 4. The van der Waals surface area contributed by atoms with Gasteiger partial charge in [0.1, 0.15) is 17.3 Å². The average molecular weight is 389 g/mol. The Bertz CT molecular complexity index is 727. The number of carbonyl (C=O) groups excluding carboxylic acids is 1. The minimum Gasteiger partial charge on any atom is -0.356 e. The monoisotopic (exact) mass is 388 g/mol. The van der Waals surface area contributed by atoms with Gasteiger partial charge in [-0.1, -0.05) is 25.0 Å². The second-order valence-corrected chi connectivity index (χ2v) is 6.85. The topological polar surface area (TPSA) is 58.1 Å². The lowest BCUT2D eigenvalue weighted by atomic mass is 10.2. The van der Waals surface area contributed by atoms with Crippen molar-refractivity contribution >= 4 is 33.3 Å². The first kappa shape index (κ1) is 16.9. The first-order valence-corrected chi connectivity index (χ1v) is 9.09. The number of aryl methyl sites for hydroxylation is 1. The van der Waals surface area contributed by atoms with E-state index in [-0.39, 0.29) is 5.91 Å². The van der Waals surface area contributed by atoms with Gasteiger partial charge in [0.2, 0.25) is 0 Å². The van der Waals surface area contributed by atoms with Gasteiger partial charge >= 0.3 is 0 Å². The van der Waals surface area contributed by atoms with Gasteiger partial charge in [-0.3, -0.25) is 4.79 Å². The number of benzene rings is 1. The highest BCUT2D eigenvalue weighted by Crippen LogP contribution is 2.23. The fourth-order valence-corrected chi connectivity index (χ4v) is 3.26. The molecule has 2 heterocycles. The van der Waals surface area contributed by atoms with Gasteiger partial charge in [-0.2, -0.15) is 0 Å². The van der Waals surface area contributed by atoms with E-state index in [0.717, 1.165) is 29.1 Å². The molecule has 3 rings (SSSR count). The van der Waals surface area contributed by atoms with Crippen LogP contribution >= 0.6 is 15.9 Å². The van der Waals surface area contributed by atoms with Gasteiger partial charge < -0.3 is 10.2 Å². The van der Waals surface area contributed by atoms with Gasteiger partial charge in [0.15, 0.2) is 0 Å². The highest BCUT2D eigenvalue weighted by molar-refractivity contribution is 9.10. The van der Waals surface area contributed by atoms with Crippen molar-refractivity contribution in [3.8, 4) is 0 Å². The van der Waals surface area contributed by atoms with Crippen molar-refractivity contribution in [1.82, 2.24) is 9.97 Å². The van der Waals surface area contributed by atoms with Crippen LogP contribution in [0.5, 0.6) is 0 Å². The zero-order valence-corrected chi connectivity index (χ0v) is 15.3. The molecule has 1 aromatic carbocycles. The van der Waals surface area contributed by atoms with Crippen molar-refractivity contribution in [3.63, 3.8) is 0 Å². The van der Waals surface area contributed by atoms with E-state index in [4.69, 9.17) is 0 Å². The molecule has 1 aliphatic heterocycles. The van der Waals surface area contributed by atoms with E-state index in [2.05, 4.69) is 36.1 Å². The number of para-hydroxylation sites is 1. The van der Waals surface area contributed by atoms with Crippen LogP contribution in [0, 0.1) is 6.92 Å². The van der Waals surface area contributed by atoms with E-state index < -0.39 is 0 Å². The molecular weight excluding hydrogens is 368 g/mol. The van der Waals surface area contributed by atoms with Crippen LogP contribution in [-0.4, -0.2) is 29.0 Å². The molecule has 1 saturated heterocycles. The lowest BCUT2D eigenvalue weighted by Crippen LogP contribution is -2.26. The van der Waals surface area contributed by atoms with E-state index in [9.17, 15) is 4.79 Å². The van der Waals surface area contributed by atoms with Gasteiger partial charge in [0.25, 0.3) is 5.91 Å². The molecule has 1 aromatic heterocycles. The Morgan fingerprint density at radius 1 is 1.12 bits per heavy atom. The molecule has 0 aliphatic carbocycles. The summed E-state index contributed by atoms with van der Waals surface area (Å²) >= 11 is 3.44. The van der Waals surface area contributed by atoms with Gasteiger partial charge in [-0.25, -0.2) is 9.97 Å². The molecule has 0 bridgehead atoms. The summed E-state index contributed by atoms with van der Waals surface area (Å²) in [6.07, 6.45) is 4.86. The number of aromatic nitrogens is 2. The highest BCUT2D eigenvalue weighted by atomic mass is 79.9. The molecule has 126 valence electrons. The summed E-state index contributed by atoms with van der Waals surface area (Å²) < 4.78 is 0.844. The minimum atomic E-state index is -0.219. The maximum atomic E-state index is 12.6. The molecule has 0 radical (unpaired) electrons. The maximum absolute atomic E-state index is 12.6. The minimum absolute atomic E-state index is 0.219. The standard InChI is InChI=1S/C18H21BrN4O/c1-13-20-16(18(24)22-15-9-5-4-8-14(15)19)12-17(21-13)23-10-6-2-3-7-11-23/h4-5,8-9,12H,2-3,6-7,10-11H2,1H3,(H,22,24). The van der Waals surface area contributed by atoms with Crippen LogP contribution < -0.4 is 10.2 Å². The van der Waals surface area contributed by atoms with E-state index in [1.807, 2.05) is 31.2 Å². The molecular formula is C18H21BrN4O. The Balaban J connectivity index is 1.82. The number of halogens is 1. The van der Waals surface area contributed by atoms with E-state index in [1.165, 1.54) is 25.7 Å². The summed E-state index contributed by atoms with van der Waals surface area (Å²) in [5.41, 5.74) is 1.13. The molecule has 1 N–H and O–H groups in total. The van der Waals surface area contributed by atoms with Gasteiger partial charge in [-0.15, -0.1) is 0 Å². The molecule has 1 fully saturated rings. The summed E-state index contributed by atoms with van der Waals surface area (Å²) in [6.45, 7) is 3.81. The summed E-state index contributed by atoms with van der Waals surface area (Å²) in [6, 6.07) is 9.33. The molecule has 0 saturated carbocycles. The van der Waals surface area contributed by atoms with Gasteiger partial charge in [0, 0.05) is 23.6 Å². The Kier molecular flexibility index (Phi) is 5.45. The van der Waals surface area contributed by atoms with Crippen molar-refractivity contribution in [3.05, 3.63) is 46.3 Å². The number of hydrogen-bond donors (Lipinski definition) is 1. The molecule has 24 heavy (non-hydrogen) atoms. The first-order valence-electron chi connectivity index (χ1n) is 8.30. The van der Waals surface area contributed by atoms with Gasteiger partial charge in [-0.05, 0) is 47.8 Å². The van der Waals surface area contributed by atoms with Crippen LogP contribution in [-0.2, 0) is 0 Å². The van der Waals surface area contributed by atoms with Crippen molar-refractivity contribution < 1.29 is 4.79 Å². The lowest BCUT2D eigenvalue weighted by molar-refractivity contribution is 0.102. The van der Waals surface area contributed by atoms with Crippen molar-refractivity contribution in [2.75, 3.05) is 23.3 Å². The molecule has 1 amide bonds. The summed E-state index contributed by atoms with van der Waals surface area (Å²) in [5.74, 6) is 1.25. The van der Waals surface area contributed by atoms with Crippen LogP contribution in [0.25, 0.3) is 0 Å². The zero-order valence-electron chi connectivity index (χ0n) is 13.8. The number of rotatable bonds is 3. The van der Waals surface area contributed by atoms with Crippen LogP contribution in [0.2, 0.25) is 0 Å². The fourth-order valence-electron chi connectivity index (χ4n) is 2.88. The molecule has 0 unspecified atom stereocenters. The normalized spacial score (nSPS) is 15.0. The van der Waals surface area contributed by atoms with Crippen LogP contribution in [0.15, 0.2) is 34.8 Å².